The maximum absolute atomic E-state index is 13.2. The Bertz CT molecular complexity index is 550. The monoisotopic (exact) mass is 234 g/mol. The summed E-state index contributed by atoms with van der Waals surface area (Å²) < 4.78 is 18.3. The summed E-state index contributed by atoms with van der Waals surface area (Å²) in [6.07, 6.45) is 0.550. The average Bonchev–Trinajstić information content (AvgIpc) is 2.78. The van der Waals surface area contributed by atoms with Crippen molar-refractivity contribution in [2.24, 2.45) is 0 Å². The second kappa shape index (κ2) is 4.53. The van der Waals surface area contributed by atoms with Crippen molar-refractivity contribution in [3.8, 4) is 11.3 Å². The lowest BCUT2D eigenvalue weighted by Crippen LogP contribution is -2.32. The first-order valence-corrected chi connectivity index (χ1v) is 4.83. The van der Waals surface area contributed by atoms with Crippen LogP contribution in [0.5, 0.6) is 0 Å². The van der Waals surface area contributed by atoms with Crippen LogP contribution in [0.15, 0.2) is 34.7 Å². The van der Waals surface area contributed by atoms with Crippen LogP contribution >= 0.6 is 0 Å². The molecule has 0 bridgehead atoms. The summed E-state index contributed by atoms with van der Waals surface area (Å²) in [5.41, 5.74) is 0.217. The van der Waals surface area contributed by atoms with E-state index in [0.717, 1.165) is 6.07 Å². The summed E-state index contributed by atoms with van der Waals surface area (Å²) in [6, 6.07) is 6.81. The summed E-state index contributed by atoms with van der Waals surface area (Å²) in [6.45, 7) is 0. The van der Waals surface area contributed by atoms with Gasteiger partial charge in [0.1, 0.15) is 11.6 Å². The first-order valence-electron chi connectivity index (χ1n) is 4.83. The first kappa shape index (κ1) is 11.6. The highest BCUT2D eigenvalue weighted by atomic mass is 19.1. The molecule has 0 fully saturated rings. The third kappa shape index (κ3) is 2.27. The van der Waals surface area contributed by atoms with Crippen LogP contribution in [0.3, 0.4) is 0 Å². The Balaban J connectivity index is 2.45. The molecule has 2 N–H and O–H groups in total. The van der Waals surface area contributed by atoms with Gasteiger partial charge in [-0.15, -0.1) is 0 Å². The molecule has 0 aliphatic heterocycles. The van der Waals surface area contributed by atoms with Crippen LogP contribution in [0.2, 0.25) is 0 Å². The zero-order valence-electron chi connectivity index (χ0n) is 8.63. The van der Waals surface area contributed by atoms with E-state index in [2.05, 4.69) is 0 Å². The minimum atomic E-state index is -1.89. The molecule has 0 atom stereocenters. The molecule has 0 amide bonds. The van der Waals surface area contributed by atoms with E-state index >= 15 is 0 Å². The van der Waals surface area contributed by atoms with Crippen molar-refractivity contribution in [2.45, 2.75) is 0 Å². The van der Waals surface area contributed by atoms with Gasteiger partial charge in [-0.3, -0.25) is 4.79 Å². The molecule has 0 unspecified atom stereocenters. The molecule has 4 nitrogen and oxygen atoms in total. The van der Waals surface area contributed by atoms with Crippen LogP contribution in [0.4, 0.5) is 4.39 Å². The van der Waals surface area contributed by atoms with Gasteiger partial charge in [-0.1, -0.05) is 0 Å². The molecule has 0 spiro atoms. The number of aldehydes is 1. The number of furan rings is 1. The van der Waals surface area contributed by atoms with Crippen LogP contribution in [-0.2, 0) is 0 Å². The number of carbonyl (C=O) groups is 1. The number of benzene rings is 1. The lowest BCUT2D eigenvalue weighted by molar-refractivity contribution is 0.110. The molecule has 0 aliphatic rings. The Kier molecular flexibility index (Phi) is 3.08. The SMILES string of the molecule is O=Cc1ccc(-c2ccc(F)c(B(O)O)c2)o1. The zero-order chi connectivity index (χ0) is 12.4. The van der Waals surface area contributed by atoms with Gasteiger partial charge in [0.15, 0.2) is 12.0 Å². The van der Waals surface area contributed by atoms with E-state index in [1.165, 1.54) is 18.2 Å². The van der Waals surface area contributed by atoms with Crippen molar-refractivity contribution in [3.63, 3.8) is 0 Å². The molecule has 0 saturated heterocycles. The van der Waals surface area contributed by atoms with Crippen molar-refractivity contribution in [1.29, 1.82) is 0 Å². The van der Waals surface area contributed by atoms with Gasteiger partial charge in [-0.2, -0.15) is 0 Å². The van der Waals surface area contributed by atoms with E-state index in [0.29, 0.717) is 17.6 Å². The standard InChI is InChI=1S/C11H8BFO4/c13-10-3-1-7(5-9(10)12(15)16)11-4-2-8(6-14)17-11/h1-6,15-16H. The highest BCUT2D eigenvalue weighted by Gasteiger charge is 2.18. The summed E-state index contributed by atoms with van der Waals surface area (Å²) in [7, 11) is -1.89. The van der Waals surface area contributed by atoms with Crippen LogP contribution in [0.25, 0.3) is 11.3 Å². The van der Waals surface area contributed by atoms with E-state index in [-0.39, 0.29) is 11.2 Å². The molecule has 2 aromatic rings. The maximum atomic E-state index is 13.2. The lowest BCUT2D eigenvalue weighted by atomic mass is 9.79. The Morgan fingerprint density at radius 3 is 2.59 bits per heavy atom. The van der Waals surface area contributed by atoms with Crippen molar-refractivity contribution in [1.82, 2.24) is 0 Å². The smallest absolute Gasteiger partial charge is 0.453 e. The van der Waals surface area contributed by atoms with Gasteiger partial charge in [0.2, 0.25) is 0 Å². The molecule has 86 valence electrons. The van der Waals surface area contributed by atoms with Gasteiger partial charge in [-0.25, -0.2) is 4.39 Å². The fourth-order valence-corrected chi connectivity index (χ4v) is 1.47. The van der Waals surface area contributed by atoms with Gasteiger partial charge in [-0.05, 0) is 30.3 Å². The quantitative estimate of drug-likeness (QED) is 0.601. The fourth-order valence-electron chi connectivity index (χ4n) is 1.47. The number of hydrogen-bond donors (Lipinski definition) is 2. The average molecular weight is 234 g/mol. The second-order valence-corrected chi connectivity index (χ2v) is 3.43. The zero-order valence-corrected chi connectivity index (χ0v) is 8.63. The summed E-state index contributed by atoms with van der Waals surface area (Å²) >= 11 is 0. The Morgan fingerprint density at radius 2 is 2.00 bits per heavy atom. The second-order valence-electron chi connectivity index (χ2n) is 3.43. The largest absolute Gasteiger partial charge is 0.491 e. The molecule has 1 heterocycles. The van der Waals surface area contributed by atoms with E-state index in [1.807, 2.05) is 0 Å². The molecule has 2 rings (SSSR count). The van der Waals surface area contributed by atoms with Gasteiger partial charge in [0, 0.05) is 11.0 Å². The van der Waals surface area contributed by atoms with Crippen LogP contribution < -0.4 is 5.46 Å². The molecule has 17 heavy (non-hydrogen) atoms. The highest BCUT2D eigenvalue weighted by Crippen LogP contribution is 2.21. The third-order valence-corrected chi connectivity index (χ3v) is 2.30. The molecule has 0 aliphatic carbocycles. The van der Waals surface area contributed by atoms with Gasteiger partial charge in [0.05, 0.1) is 0 Å². The summed E-state index contributed by atoms with van der Waals surface area (Å²) in [5.74, 6) is -0.213. The highest BCUT2D eigenvalue weighted by molar-refractivity contribution is 6.58. The van der Waals surface area contributed by atoms with Crippen LogP contribution in [-0.4, -0.2) is 23.5 Å². The van der Waals surface area contributed by atoms with Gasteiger partial charge < -0.3 is 14.5 Å². The number of rotatable bonds is 3. The van der Waals surface area contributed by atoms with Crippen molar-refractivity contribution < 1.29 is 23.7 Å². The van der Waals surface area contributed by atoms with E-state index in [1.54, 1.807) is 6.07 Å². The first-order chi connectivity index (χ1) is 8.11. The van der Waals surface area contributed by atoms with Gasteiger partial charge >= 0.3 is 7.12 Å². The molecule has 0 radical (unpaired) electrons. The summed E-state index contributed by atoms with van der Waals surface area (Å²) in [5, 5.41) is 17.9. The fraction of sp³-hybridized carbons (Fsp3) is 0. The van der Waals surface area contributed by atoms with Gasteiger partial charge in [0.25, 0.3) is 0 Å². The number of carbonyl (C=O) groups excluding carboxylic acids is 1. The summed E-state index contributed by atoms with van der Waals surface area (Å²) in [4.78, 5) is 10.4. The molecule has 1 aromatic heterocycles. The van der Waals surface area contributed by atoms with E-state index in [9.17, 15) is 9.18 Å². The predicted octanol–water partition coefficient (Wildman–Crippen LogP) is 0.578. The molecular weight excluding hydrogens is 226 g/mol. The number of halogens is 1. The number of hydrogen-bond acceptors (Lipinski definition) is 4. The van der Waals surface area contributed by atoms with E-state index < -0.39 is 12.9 Å². The van der Waals surface area contributed by atoms with Crippen LogP contribution in [0, 0.1) is 5.82 Å². The topological polar surface area (TPSA) is 70.7 Å². The van der Waals surface area contributed by atoms with Crippen LogP contribution in [0.1, 0.15) is 10.6 Å². The minimum Gasteiger partial charge on any atom is -0.453 e. The molecule has 6 heteroatoms. The third-order valence-electron chi connectivity index (χ3n) is 2.30. The lowest BCUT2D eigenvalue weighted by Gasteiger charge is -2.03. The normalized spacial score (nSPS) is 10.3. The maximum Gasteiger partial charge on any atom is 0.491 e. The Labute approximate surface area is 96.5 Å². The van der Waals surface area contributed by atoms with Crippen molar-refractivity contribution >= 4 is 18.9 Å². The van der Waals surface area contributed by atoms with E-state index in [4.69, 9.17) is 14.5 Å². The predicted molar refractivity (Wildman–Crippen MR) is 59.3 cm³/mol. The minimum absolute atomic E-state index is 0.149. The van der Waals surface area contributed by atoms with Crippen molar-refractivity contribution in [2.75, 3.05) is 0 Å². The van der Waals surface area contributed by atoms with Crippen molar-refractivity contribution in [3.05, 3.63) is 41.9 Å². The molecule has 1 aromatic carbocycles. The Hall–Kier alpha value is -1.92. The Morgan fingerprint density at radius 1 is 1.24 bits per heavy atom. The molecular formula is C11H8BFO4. The molecule has 0 saturated carbocycles.